The van der Waals surface area contributed by atoms with Crippen molar-refractivity contribution >= 4 is 18.2 Å². The van der Waals surface area contributed by atoms with Gasteiger partial charge >= 0.3 is 6.18 Å². The highest BCUT2D eigenvalue weighted by Crippen LogP contribution is 2.35. The molecule has 0 saturated heterocycles. The lowest BCUT2D eigenvalue weighted by molar-refractivity contribution is -0.136. The van der Waals surface area contributed by atoms with Gasteiger partial charge in [0.25, 0.3) is 0 Å². The summed E-state index contributed by atoms with van der Waals surface area (Å²) >= 11 is 0. The maximum atomic E-state index is 12.9. The maximum Gasteiger partial charge on any atom is 0.418 e. The van der Waals surface area contributed by atoms with E-state index in [2.05, 4.69) is 20.6 Å². The first-order valence-electron chi connectivity index (χ1n) is 6.00. The quantitative estimate of drug-likeness (QED) is 0.874. The van der Waals surface area contributed by atoms with E-state index in [0.717, 1.165) is 6.07 Å². The predicted octanol–water partition coefficient (Wildman–Crippen LogP) is 2.41. The standard InChI is InChI=1S/C13H11F3N4/c14-13(15,16)8-3-1-2-4-9(8)20-10-5-6-17-12-11(10)18-7-19-12/h1-7,11-12,20H,(H,18,19). The monoisotopic (exact) mass is 280 g/mol. The zero-order chi connectivity index (χ0) is 14.2. The van der Waals surface area contributed by atoms with Crippen LogP contribution in [0.15, 0.2) is 46.0 Å². The highest BCUT2D eigenvalue weighted by atomic mass is 19.4. The molecule has 2 aliphatic rings. The van der Waals surface area contributed by atoms with E-state index in [1.165, 1.54) is 18.5 Å². The average Bonchev–Trinajstić information content (AvgIpc) is 2.87. The molecule has 2 unspecified atom stereocenters. The highest BCUT2D eigenvalue weighted by Gasteiger charge is 2.35. The second kappa shape index (κ2) is 4.66. The Hall–Kier alpha value is -2.31. The maximum absolute atomic E-state index is 12.9. The van der Waals surface area contributed by atoms with Crippen LogP contribution in [0.25, 0.3) is 0 Å². The molecule has 104 valence electrons. The molecular formula is C13H11F3N4. The van der Waals surface area contributed by atoms with Gasteiger partial charge in [-0.1, -0.05) is 12.1 Å². The average molecular weight is 280 g/mol. The first kappa shape index (κ1) is 12.7. The number of rotatable bonds is 2. The van der Waals surface area contributed by atoms with E-state index in [1.54, 1.807) is 18.4 Å². The van der Waals surface area contributed by atoms with Gasteiger partial charge in [0.05, 0.1) is 17.6 Å². The summed E-state index contributed by atoms with van der Waals surface area (Å²) in [7, 11) is 0. The van der Waals surface area contributed by atoms with E-state index in [9.17, 15) is 13.2 Å². The summed E-state index contributed by atoms with van der Waals surface area (Å²) in [4.78, 5) is 8.21. The van der Waals surface area contributed by atoms with Crippen LogP contribution in [0.5, 0.6) is 0 Å². The van der Waals surface area contributed by atoms with Gasteiger partial charge in [0, 0.05) is 11.9 Å². The van der Waals surface area contributed by atoms with Crippen LogP contribution >= 0.6 is 0 Å². The van der Waals surface area contributed by atoms with Crippen molar-refractivity contribution in [3.63, 3.8) is 0 Å². The minimum absolute atomic E-state index is 0.0222. The molecule has 7 heteroatoms. The summed E-state index contributed by atoms with van der Waals surface area (Å²) in [6.45, 7) is 0. The van der Waals surface area contributed by atoms with Crippen LogP contribution in [0.1, 0.15) is 5.56 Å². The fourth-order valence-electron chi connectivity index (χ4n) is 2.18. The van der Waals surface area contributed by atoms with Crippen LogP contribution in [0, 0.1) is 0 Å². The SMILES string of the molecule is FC(F)(F)c1ccccc1NC1=CC=NC2N=CNC12. The van der Waals surface area contributed by atoms with Crippen molar-refractivity contribution in [2.75, 3.05) is 5.32 Å². The fraction of sp³-hybridized carbons (Fsp3) is 0.231. The molecule has 4 nitrogen and oxygen atoms in total. The van der Waals surface area contributed by atoms with E-state index >= 15 is 0 Å². The molecule has 0 aromatic heterocycles. The number of hydrogen-bond acceptors (Lipinski definition) is 4. The number of dihydropyridines is 1. The van der Waals surface area contributed by atoms with Crippen LogP contribution < -0.4 is 10.6 Å². The van der Waals surface area contributed by atoms with Crippen molar-refractivity contribution in [2.45, 2.75) is 18.4 Å². The molecule has 2 atom stereocenters. The van der Waals surface area contributed by atoms with Crippen molar-refractivity contribution < 1.29 is 13.2 Å². The summed E-state index contributed by atoms with van der Waals surface area (Å²) in [6, 6.07) is 5.13. The minimum atomic E-state index is -4.40. The minimum Gasteiger partial charge on any atom is -0.364 e. The topological polar surface area (TPSA) is 48.8 Å². The van der Waals surface area contributed by atoms with Gasteiger partial charge in [0.1, 0.15) is 6.04 Å². The number of fused-ring (bicyclic) bond motifs is 1. The number of nitrogens with one attached hydrogen (secondary N) is 2. The van der Waals surface area contributed by atoms with Crippen molar-refractivity contribution in [1.82, 2.24) is 5.32 Å². The zero-order valence-electron chi connectivity index (χ0n) is 10.2. The number of hydrogen-bond donors (Lipinski definition) is 2. The van der Waals surface area contributed by atoms with E-state index in [1.807, 2.05) is 0 Å². The van der Waals surface area contributed by atoms with E-state index in [0.29, 0.717) is 5.70 Å². The van der Waals surface area contributed by atoms with Gasteiger partial charge in [-0.05, 0) is 18.2 Å². The van der Waals surface area contributed by atoms with Gasteiger partial charge in [-0.15, -0.1) is 0 Å². The smallest absolute Gasteiger partial charge is 0.364 e. The number of anilines is 1. The highest BCUT2D eigenvalue weighted by molar-refractivity contribution is 5.78. The molecule has 2 heterocycles. The van der Waals surface area contributed by atoms with Crippen molar-refractivity contribution in [3.8, 4) is 0 Å². The third-order valence-corrected chi connectivity index (χ3v) is 3.12. The molecule has 3 rings (SSSR count). The van der Waals surface area contributed by atoms with Gasteiger partial charge in [-0.2, -0.15) is 13.2 Å². The second-order valence-corrected chi connectivity index (χ2v) is 4.42. The van der Waals surface area contributed by atoms with Crippen LogP contribution in [0.3, 0.4) is 0 Å². The first-order chi connectivity index (χ1) is 9.55. The third-order valence-electron chi connectivity index (χ3n) is 3.12. The number of halogens is 3. The Kier molecular flexibility index (Phi) is 2.96. The van der Waals surface area contributed by atoms with E-state index in [-0.39, 0.29) is 17.9 Å². The molecule has 0 bridgehead atoms. The summed E-state index contributed by atoms with van der Waals surface area (Å²) in [5.74, 6) is 0. The third kappa shape index (κ3) is 2.26. The molecule has 2 aliphatic heterocycles. The van der Waals surface area contributed by atoms with Crippen LogP contribution in [0.4, 0.5) is 18.9 Å². The predicted molar refractivity (Wildman–Crippen MR) is 70.8 cm³/mol. The Balaban J connectivity index is 1.89. The van der Waals surface area contributed by atoms with Crippen molar-refractivity contribution in [3.05, 3.63) is 41.6 Å². The Bertz CT molecular complexity index is 604. The summed E-state index contributed by atoms with van der Waals surface area (Å²) in [5, 5.41) is 5.80. The molecule has 20 heavy (non-hydrogen) atoms. The number of aliphatic imine (C=N–C) groups is 2. The lowest BCUT2D eigenvalue weighted by atomic mass is 10.1. The number of alkyl halides is 3. The molecule has 0 fully saturated rings. The zero-order valence-corrected chi connectivity index (χ0v) is 10.2. The fourth-order valence-corrected chi connectivity index (χ4v) is 2.18. The molecular weight excluding hydrogens is 269 g/mol. The number of para-hydroxylation sites is 1. The van der Waals surface area contributed by atoms with Crippen LogP contribution in [-0.2, 0) is 6.18 Å². The van der Waals surface area contributed by atoms with E-state index < -0.39 is 11.7 Å². The molecule has 0 radical (unpaired) electrons. The van der Waals surface area contributed by atoms with Gasteiger partial charge in [-0.25, -0.2) is 4.99 Å². The molecule has 0 spiro atoms. The second-order valence-electron chi connectivity index (χ2n) is 4.42. The molecule has 1 aromatic rings. The molecule has 2 N–H and O–H groups in total. The lowest BCUT2D eigenvalue weighted by Gasteiger charge is -2.24. The number of nitrogens with zero attached hydrogens (tertiary/aromatic N) is 2. The summed E-state index contributed by atoms with van der Waals surface area (Å²) in [6.07, 6.45) is -0.00432. The molecule has 1 aromatic carbocycles. The lowest BCUT2D eigenvalue weighted by Crippen LogP contribution is -2.37. The Morgan fingerprint density at radius 1 is 1.15 bits per heavy atom. The van der Waals surface area contributed by atoms with Crippen molar-refractivity contribution in [2.24, 2.45) is 9.98 Å². The molecule has 0 aliphatic carbocycles. The van der Waals surface area contributed by atoms with Gasteiger partial charge < -0.3 is 10.6 Å². The van der Waals surface area contributed by atoms with Crippen LogP contribution in [-0.4, -0.2) is 24.8 Å². The first-order valence-corrected chi connectivity index (χ1v) is 6.00. The Morgan fingerprint density at radius 2 is 1.95 bits per heavy atom. The largest absolute Gasteiger partial charge is 0.418 e. The van der Waals surface area contributed by atoms with Gasteiger partial charge in [0.15, 0.2) is 6.17 Å². The molecule has 0 amide bonds. The molecule has 0 saturated carbocycles. The Labute approximate surface area is 113 Å². The van der Waals surface area contributed by atoms with Crippen molar-refractivity contribution in [1.29, 1.82) is 0 Å². The normalized spacial score (nSPS) is 24.1. The van der Waals surface area contributed by atoms with E-state index in [4.69, 9.17) is 0 Å². The van der Waals surface area contributed by atoms with Gasteiger partial charge in [0.2, 0.25) is 0 Å². The summed E-state index contributed by atoms with van der Waals surface area (Å²) < 4.78 is 38.8. The Morgan fingerprint density at radius 3 is 2.75 bits per heavy atom. The van der Waals surface area contributed by atoms with Gasteiger partial charge in [-0.3, -0.25) is 4.99 Å². The number of benzene rings is 1. The number of allylic oxidation sites excluding steroid dienone is 1. The summed E-state index contributed by atoms with van der Waals surface area (Å²) in [5.41, 5.74) is -0.0629. The van der Waals surface area contributed by atoms with Crippen LogP contribution in [0.2, 0.25) is 0 Å².